The molecule has 1 aliphatic heterocycles. The van der Waals surface area contributed by atoms with Gasteiger partial charge in [0.05, 0.1) is 5.02 Å². The summed E-state index contributed by atoms with van der Waals surface area (Å²) in [5, 5.41) is -0.0437. The average Bonchev–Trinajstić information content (AvgIpc) is 3.11. The molecule has 3 rings (SSSR count). The second-order valence-corrected chi connectivity index (χ2v) is 5.02. The van der Waals surface area contributed by atoms with Gasteiger partial charge in [-0.25, -0.2) is 13.8 Å². The standard InChI is InChI=1S/C12H11ClF2N2O/c13-8-3-1-2-6(10(8)15)12(5-14)7-4-9(7)18-11(16)17-12/h1-3,7,9H,4-5H2,(H2,16,17)/t7-,9+,12+/m1/s1. The van der Waals surface area contributed by atoms with E-state index in [-0.39, 0.29) is 28.6 Å². The van der Waals surface area contributed by atoms with Crippen molar-refractivity contribution in [3.05, 3.63) is 34.6 Å². The summed E-state index contributed by atoms with van der Waals surface area (Å²) in [5.41, 5.74) is 4.39. The fourth-order valence-corrected chi connectivity index (χ4v) is 2.74. The van der Waals surface area contributed by atoms with Crippen LogP contribution in [0, 0.1) is 11.7 Å². The van der Waals surface area contributed by atoms with Gasteiger partial charge in [0.1, 0.15) is 24.1 Å². The van der Waals surface area contributed by atoms with Gasteiger partial charge in [-0.2, -0.15) is 0 Å². The molecule has 0 spiro atoms. The highest BCUT2D eigenvalue weighted by atomic mass is 35.5. The number of aliphatic imine (C=N–C) groups is 1. The van der Waals surface area contributed by atoms with Crippen molar-refractivity contribution in [2.75, 3.05) is 6.67 Å². The van der Waals surface area contributed by atoms with Crippen LogP contribution >= 0.6 is 11.6 Å². The van der Waals surface area contributed by atoms with Crippen LogP contribution in [0.1, 0.15) is 12.0 Å². The molecule has 1 aliphatic carbocycles. The SMILES string of the molecule is NC1=N[C@@](CF)(c2cccc(Cl)c2F)[C@@H]2C[C@@H]2O1. The maximum atomic E-state index is 14.1. The predicted molar refractivity (Wildman–Crippen MR) is 63.7 cm³/mol. The zero-order valence-corrected chi connectivity index (χ0v) is 10.1. The van der Waals surface area contributed by atoms with E-state index in [1.54, 1.807) is 6.07 Å². The lowest BCUT2D eigenvalue weighted by molar-refractivity contribution is 0.168. The number of halogens is 3. The Morgan fingerprint density at radius 2 is 2.33 bits per heavy atom. The molecule has 0 aromatic heterocycles. The number of rotatable bonds is 2. The van der Waals surface area contributed by atoms with E-state index in [1.807, 2.05) is 0 Å². The monoisotopic (exact) mass is 272 g/mol. The van der Waals surface area contributed by atoms with Gasteiger partial charge in [-0.05, 0) is 12.5 Å². The van der Waals surface area contributed by atoms with Crippen LogP contribution in [0.15, 0.2) is 23.2 Å². The third-order valence-electron chi connectivity index (χ3n) is 3.55. The van der Waals surface area contributed by atoms with E-state index in [4.69, 9.17) is 22.1 Å². The van der Waals surface area contributed by atoms with E-state index in [1.165, 1.54) is 12.1 Å². The number of benzene rings is 1. The molecule has 18 heavy (non-hydrogen) atoms. The van der Waals surface area contributed by atoms with Crippen molar-refractivity contribution in [3.8, 4) is 0 Å². The summed E-state index contributed by atoms with van der Waals surface area (Å²) < 4.78 is 32.9. The Bertz CT molecular complexity index is 537. The first kappa shape index (κ1) is 11.7. The van der Waals surface area contributed by atoms with Crippen molar-refractivity contribution in [2.45, 2.75) is 18.1 Å². The lowest BCUT2D eigenvalue weighted by Crippen LogP contribution is -2.39. The molecular weight excluding hydrogens is 262 g/mol. The summed E-state index contributed by atoms with van der Waals surface area (Å²) in [4.78, 5) is 4.03. The Hall–Kier alpha value is -1.36. The fourth-order valence-electron chi connectivity index (χ4n) is 2.56. The van der Waals surface area contributed by atoms with Crippen LogP contribution in [0.3, 0.4) is 0 Å². The number of alkyl halides is 1. The zero-order chi connectivity index (χ0) is 12.9. The molecule has 0 radical (unpaired) electrons. The van der Waals surface area contributed by atoms with E-state index in [0.717, 1.165) is 0 Å². The lowest BCUT2D eigenvalue weighted by atomic mass is 9.85. The number of hydrogen-bond donors (Lipinski definition) is 1. The van der Waals surface area contributed by atoms with Crippen molar-refractivity contribution in [2.24, 2.45) is 16.6 Å². The number of nitrogens with two attached hydrogens (primary N) is 1. The topological polar surface area (TPSA) is 47.6 Å². The molecule has 0 unspecified atom stereocenters. The molecule has 1 aromatic rings. The van der Waals surface area contributed by atoms with E-state index in [9.17, 15) is 8.78 Å². The van der Waals surface area contributed by atoms with E-state index in [2.05, 4.69) is 4.99 Å². The Morgan fingerprint density at radius 1 is 1.56 bits per heavy atom. The van der Waals surface area contributed by atoms with E-state index in [0.29, 0.717) is 6.42 Å². The second kappa shape index (κ2) is 3.82. The average molecular weight is 273 g/mol. The van der Waals surface area contributed by atoms with Gasteiger partial charge >= 0.3 is 0 Å². The first-order valence-corrected chi connectivity index (χ1v) is 5.98. The number of nitrogens with zero attached hydrogens (tertiary/aromatic N) is 1. The Kier molecular flexibility index (Phi) is 2.48. The van der Waals surface area contributed by atoms with E-state index < -0.39 is 18.0 Å². The van der Waals surface area contributed by atoms with Crippen LogP contribution in [0.5, 0.6) is 0 Å². The summed E-state index contributed by atoms with van der Waals surface area (Å²) >= 11 is 5.74. The highest BCUT2D eigenvalue weighted by Crippen LogP contribution is 2.53. The van der Waals surface area contributed by atoms with Gasteiger partial charge in [0, 0.05) is 11.5 Å². The fraction of sp³-hybridized carbons (Fsp3) is 0.417. The molecule has 6 heteroatoms. The maximum absolute atomic E-state index is 14.1. The molecule has 1 fully saturated rings. The van der Waals surface area contributed by atoms with Crippen LogP contribution < -0.4 is 5.73 Å². The highest BCUT2D eigenvalue weighted by Gasteiger charge is 2.60. The van der Waals surface area contributed by atoms with Crippen molar-refractivity contribution >= 4 is 17.6 Å². The predicted octanol–water partition coefficient (Wildman–Crippen LogP) is 2.38. The molecule has 3 nitrogen and oxygen atoms in total. The Balaban J connectivity index is 2.17. The second-order valence-electron chi connectivity index (χ2n) is 4.61. The van der Waals surface area contributed by atoms with Gasteiger partial charge < -0.3 is 10.5 Å². The van der Waals surface area contributed by atoms with Crippen molar-refractivity contribution in [1.82, 2.24) is 0 Å². The molecule has 0 amide bonds. The Morgan fingerprint density at radius 3 is 3.06 bits per heavy atom. The van der Waals surface area contributed by atoms with Gasteiger partial charge in [-0.15, -0.1) is 0 Å². The van der Waals surface area contributed by atoms with Crippen LogP contribution in [-0.2, 0) is 10.3 Å². The minimum atomic E-state index is -1.29. The number of amidine groups is 1. The molecule has 1 aromatic carbocycles. The van der Waals surface area contributed by atoms with Gasteiger partial charge in [0.2, 0.25) is 0 Å². The summed E-state index contributed by atoms with van der Waals surface area (Å²) in [5.74, 6) is -0.816. The summed E-state index contributed by atoms with van der Waals surface area (Å²) in [7, 11) is 0. The Labute approximate surface area is 108 Å². The number of fused-ring (bicyclic) bond motifs is 1. The third-order valence-corrected chi connectivity index (χ3v) is 3.84. The van der Waals surface area contributed by atoms with Crippen LogP contribution in [0.2, 0.25) is 5.02 Å². The molecular formula is C12H11ClF2N2O. The molecule has 0 saturated heterocycles. The quantitative estimate of drug-likeness (QED) is 0.898. The first-order chi connectivity index (χ1) is 8.58. The van der Waals surface area contributed by atoms with Gasteiger partial charge in [0.25, 0.3) is 6.02 Å². The molecule has 0 bridgehead atoms. The van der Waals surface area contributed by atoms with Gasteiger partial charge in [0.15, 0.2) is 0 Å². The zero-order valence-electron chi connectivity index (χ0n) is 9.37. The first-order valence-electron chi connectivity index (χ1n) is 5.61. The summed E-state index contributed by atoms with van der Waals surface area (Å²) in [6, 6.07) is 4.41. The van der Waals surface area contributed by atoms with Crippen LogP contribution in [0.25, 0.3) is 0 Å². The smallest absolute Gasteiger partial charge is 0.283 e. The van der Waals surface area contributed by atoms with Crippen molar-refractivity contribution in [3.63, 3.8) is 0 Å². The van der Waals surface area contributed by atoms with E-state index >= 15 is 0 Å². The largest absolute Gasteiger partial charge is 0.462 e. The van der Waals surface area contributed by atoms with Crippen LogP contribution in [0.4, 0.5) is 8.78 Å². The van der Waals surface area contributed by atoms with Crippen molar-refractivity contribution < 1.29 is 13.5 Å². The van der Waals surface area contributed by atoms with Crippen molar-refractivity contribution in [1.29, 1.82) is 0 Å². The van der Waals surface area contributed by atoms with Gasteiger partial charge in [-0.3, -0.25) is 0 Å². The molecule has 1 saturated carbocycles. The highest BCUT2D eigenvalue weighted by molar-refractivity contribution is 6.30. The summed E-state index contributed by atoms with van der Waals surface area (Å²) in [6.45, 7) is -0.824. The van der Waals surface area contributed by atoms with Gasteiger partial charge in [-0.1, -0.05) is 23.7 Å². The molecule has 1 heterocycles. The van der Waals surface area contributed by atoms with Crippen LogP contribution in [-0.4, -0.2) is 18.8 Å². The lowest BCUT2D eigenvalue weighted by Gasteiger charge is -2.31. The molecule has 96 valence electrons. The molecule has 2 aliphatic rings. The molecule has 2 N–H and O–H groups in total. The molecule has 3 atom stereocenters. The third kappa shape index (κ3) is 1.50. The number of hydrogen-bond acceptors (Lipinski definition) is 3. The normalized spacial score (nSPS) is 33.4. The summed E-state index contributed by atoms with van der Waals surface area (Å²) in [6.07, 6.45) is 0.455. The number of ether oxygens (including phenoxy) is 1. The minimum Gasteiger partial charge on any atom is -0.462 e. The maximum Gasteiger partial charge on any atom is 0.283 e. The minimum absolute atomic E-state index is 0.0437.